The Balaban J connectivity index is 1.61. The lowest BCUT2D eigenvalue weighted by atomic mass is 9.88. The van der Waals surface area contributed by atoms with E-state index in [9.17, 15) is 4.79 Å². The van der Waals surface area contributed by atoms with Gasteiger partial charge in [-0.3, -0.25) is 14.7 Å². The van der Waals surface area contributed by atoms with Crippen molar-refractivity contribution in [3.05, 3.63) is 71.7 Å². The number of nitrogens with one attached hydrogen (secondary N) is 1. The normalized spacial score (nSPS) is 18.9. The number of hydrogen-bond donors (Lipinski definition) is 1. The van der Waals surface area contributed by atoms with Gasteiger partial charge in [-0.05, 0) is 43.9 Å². The van der Waals surface area contributed by atoms with Crippen molar-refractivity contribution in [1.29, 1.82) is 0 Å². The SMILES string of the molecule is Cc1ccc(-c2cc(C[C@]3(C(=O)NCC(C)C)CCCN3Cc3cccnc3)on2)cc1. The summed E-state index contributed by atoms with van der Waals surface area (Å²) >= 11 is 0. The third-order valence-corrected chi connectivity index (χ3v) is 6.19. The average Bonchev–Trinajstić information content (AvgIpc) is 3.41. The zero-order chi connectivity index (χ0) is 22.6. The second-order valence-corrected chi connectivity index (χ2v) is 9.24. The Morgan fingerprint density at radius 3 is 2.78 bits per heavy atom. The van der Waals surface area contributed by atoms with E-state index in [2.05, 4.69) is 59.3 Å². The number of likely N-dealkylation sites (tertiary alicyclic amines) is 1. The van der Waals surface area contributed by atoms with Crippen molar-refractivity contribution in [2.45, 2.75) is 52.1 Å². The van der Waals surface area contributed by atoms with Gasteiger partial charge in [-0.15, -0.1) is 0 Å². The molecule has 0 spiro atoms. The highest BCUT2D eigenvalue weighted by atomic mass is 16.5. The van der Waals surface area contributed by atoms with Crippen LogP contribution in [0.25, 0.3) is 11.3 Å². The number of amides is 1. The van der Waals surface area contributed by atoms with E-state index in [1.165, 1.54) is 5.56 Å². The van der Waals surface area contributed by atoms with Crippen LogP contribution in [-0.2, 0) is 17.8 Å². The van der Waals surface area contributed by atoms with E-state index in [4.69, 9.17) is 4.52 Å². The predicted octanol–water partition coefficient (Wildman–Crippen LogP) is 4.39. The van der Waals surface area contributed by atoms with Crippen LogP contribution < -0.4 is 5.32 Å². The second-order valence-electron chi connectivity index (χ2n) is 9.24. The first kappa shape index (κ1) is 22.2. The molecule has 6 heteroatoms. The van der Waals surface area contributed by atoms with Crippen LogP contribution in [0, 0.1) is 12.8 Å². The Labute approximate surface area is 190 Å². The molecule has 3 heterocycles. The van der Waals surface area contributed by atoms with Gasteiger partial charge in [0.2, 0.25) is 5.91 Å². The molecule has 1 amide bonds. The largest absolute Gasteiger partial charge is 0.361 e. The minimum absolute atomic E-state index is 0.0703. The average molecular weight is 433 g/mol. The molecule has 3 aromatic rings. The monoisotopic (exact) mass is 432 g/mol. The number of pyridine rings is 1. The molecular formula is C26H32N4O2. The van der Waals surface area contributed by atoms with Crippen LogP contribution in [0.2, 0.25) is 0 Å². The van der Waals surface area contributed by atoms with Crippen molar-refractivity contribution in [3.63, 3.8) is 0 Å². The minimum Gasteiger partial charge on any atom is -0.361 e. The zero-order valence-corrected chi connectivity index (χ0v) is 19.2. The summed E-state index contributed by atoms with van der Waals surface area (Å²) in [6, 6.07) is 14.2. The van der Waals surface area contributed by atoms with Gasteiger partial charge >= 0.3 is 0 Å². The molecule has 0 bridgehead atoms. The lowest BCUT2D eigenvalue weighted by molar-refractivity contribution is -0.132. The zero-order valence-electron chi connectivity index (χ0n) is 19.2. The number of carbonyl (C=O) groups is 1. The number of aryl methyl sites for hydroxylation is 1. The van der Waals surface area contributed by atoms with Crippen molar-refractivity contribution in [3.8, 4) is 11.3 Å². The van der Waals surface area contributed by atoms with E-state index in [-0.39, 0.29) is 5.91 Å². The number of hydrogen-bond acceptors (Lipinski definition) is 5. The van der Waals surface area contributed by atoms with Crippen LogP contribution in [0.3, 0.4) is 0 Å². The van der Waals surface area contributed by atoms with E-state index < -0.39 is 5.54 Å². The molecule has 4 rings (SSSR count). The third-order valence-electron chi connectivity index (χ3n) is 6.19. The second kappa shape index (κ2) is 9.65. The third kappa shape index (κ3) is 4.91. The Morgan fingerprint density at radius 2 is 2.06 bits per heavy atom. The van der Waals surface area contributed by atoms with Crippen LogP contribution in [0.5, 0.6) is 0 Å². The van der Waals surface area contributed by atoms with Gasteiger partial charge in [0.25, 0.3) is 0 Å². The molecule has 0 unspecified atom stereocenters. The number of benzene rings is 1. The Kier molecular flexibility index (Phi) is 6.70. The van der Waals surface area contributed by atoms with E-state index in [0.29, 0.717) is 25.4 Å². The molecule has 6 nitrogen and oxygen atoms in total. The predicted molar refractivity (Wildman–Crippen MR) is 125 cm³/mol. The first-order chi connectivity index (χ1) is 15.5. The van der Waals surface area contributed by atoms with Crippen LogP contribution >= 0.6 is 0 Å². The van der Waals surface area contributed by atoms with Gasteiger partial charge in [-0.25, -0.2) is 0 Å². The molecule has 0 radical (unpaired) electrons. The summed E-state index contributed by atoms with van der Waals surface area (Å²) < 4.78 is 5.74. The van der Waals surface area contributed by atoms with Gasteiger partial charge in [0, 0.05) is 43.5 Å². The van der Waals surface area contributed by atoms with Crippen LogP contribution in [0.4, 0.5) is 0 Å². The summed E-state index contributed by atoms with van der Waals surface area (Å²) in [5, 5.41) is 7.48. The summed E-state index contributed by atoms with van der Waals surface area (Å²) in [4.78, 5) is 20.1. The van der Waals surface area contributed by atoms with Crippen molar-refractivity contribution >= 4 is 5.91 Å². The van der Waals surface area contributed by atoms with Crippen LogP contribution in [0.15, 0.2) is 59.4 Å². The Hall–Kier alpha value is -2.99. The molecule has 2 aromatic heterocycles. The maximum Gasteiger partial charge on any atom is 0.241 e. The topological polar surface area (TPSA) is 71.3 Å². The molecule has 1 aliphatic heterocycles. The molecule has 1 saturated heterocycles. The fourth-order valence-corrected chi connectivity index (χ4v) is 4.42. The van der Waals surface area contributed by atoms with Gasteiger partial charge in [-0.1, -0.05) is 54.9 Å². The number of nitrogens with zero attached hydrogens (tertiary/aromatic N) is 3. The number of aromatic nitrogens is 2. The van der Waals surface area contributed by atoms with Gasteiger partial charge in [0.15, 0.2) is 0 Å². The van der Waals surface area contributed by atoms with Crippen molar-refractivity contribution in [2.24, 2.45) is 5.92 Å². The molecule has 0 saturated carbocycles. The molecule has 1 atom stereocenters. The lowest BCUT2D eigenvalue weighted by Crippen LogP contribution is -2.57. The van der Waals surface area contributed by atoms with E-state index in [1.807, 2.05) is 30.5 Å². The fraction of sp³-hybridized carbons (Fsp3) is 0.423. The van der Waals surface area contributed by atoms with Crippen molar-refractivity contribution in [1.82, 2.24) is 20.4 Å². The lowest BCUT2D eigenvalue weighted by Gasteiger charge is -2.37. The Morgan fingerprint density at radius 1 is 1.25 bits per heavy atom. The molecular weight excluding hydrogens is 400 g/mol. The van der Waals surface area contributed by atoms with E-state index in [0.717, 1.165) is 42.0 Å². The van der Waals surface area contributed by atoms with E-state index >= 15 is 0 Å². The molecule has 1 N–H and O–H groups in total. The summed E-state index contributed by atoms with van der Waals surface area (Å²) in [5.74, 6) is 1.20. The number of rotatable bonds is 8. The summed E-state index contributed by atoms with van der Waals surface area (Å²) in [6.45, 7) is 8.49. The molecule has 0 aliphatic carbocycles. The van der Waals surface area contributed by atoms with Crippen molar-refractivity contribution in [2.75, 3.05) is 13.1 Å². The standard InChI is InChI=1S/C26H32N4O2/c1-19(2)16-28-25(31)26(11-5-13-30(26)18-21-6-4-12-27-17-21)15-23-14-24(29-32-23)22-9-7-20(3)8-10-22/h4,6-10,12,14,17,19H,5,11,13,15-16,18H2,1-3H3,(H,28,31)/t26-/m0/s1. The molecule has 32 heavy (non-hydrogen) atoms. The quantitative estimate of drug-likeness (QED) is 0.571. The van der Waals surface area contributed by atoms with Crippen molar-refractivity contribution < 1.29 is 9.32 Å². The maximum atomic E-state index is 13.6. The maximum absolute atomic E-state index is 13.6. The molecule has 1 fully saturated rings. The van der Waals surface area contributed by atoms with Crippen LogP contribution in [-0.4, -0.2) is 39.6 Å². The molecule has 1 aliphatic rings. The summed E-state index contributed by atoms with van der Waals surface area (Å²) in [6.07, 6.45) is 5.90. The summed E-state index contributed by atoms with van der Waals surface area (Å²) in [7, 11) is 0. The van der Waals surface area contributed by atoms with Gasteiger partial charge in [0.1, 0.15) is 17.0 Å². The minimum atomic E-state index is -0.658. The van der Waals surface area contributed by atoms with Crippen LogP contribution in [0.1, 0.15) is 43.6 Å². The summed E-state index contributed by atoms with van der Waals surface area (Å²) in [5.41, 5.74) is 3.47. The Bertz CT molecular complexity index is 1030. The first-order valence-electron chi connectivity index (χ1n) is 11.4. The van der Waals surface area contributed by atoms with Gasteiger partial charge in [-0.2, -0.15) is 0 Å². The fourth-order valence-electron chi connectivity index (χ4n) is 4.42. The highest BCUT2D eigenvalue weighted by molar-refractivity contribution is 5.87. The molecule has 1 aromatic carbocycles. The number of carbonyl (C=O) groups excluding carboxylic acids is 1. The van der Waals surface area contributed by atoms with Gasteiger partial charge in [0.05, 0.1) is 0 Å². The van der Waals surface area contributed by atoms with E-state index in [1.54, 1.807) is 6.20 Å². The molecule has 168 valence electrons. The highest BCUT2D eigenvalue weighted by Crippen LogP contribution is 2.35. The smallest absolute Gasteiger partial charge is 0.241 e. The van der Waals surface area contributed by atoms with Gasteiger partial charge < -0.3 is 9.84 Å². The first-order valence-corrected chi connectivity index (χ1v) is 11.4. The highest BCUT2D eigenvalue weighted by Gasteiger charge is 2.48.